The zero-order chi connectivity index (χ0) is 31.7. The van der Waals surface area contributed by atoms with E-state index in [9.17, 15) is 14.2 Å². The van der Waals surface area contributed by atoms with Gasteiger partial charge in [0.05, 0.1) is 0 Å². The van der Waals surface area contributed by atoms with Crippen LogP contribution in [0.4, 0.5) is 0 Å². The molecule has 0 N–H and O–H groups in total. The molecule has 0 heterocycles. The van der Waals surface area contributed by atoms with Crippen LogP contribution in [0.5, 0.6) is 11.5 Å². The van der Waals surface area contributed by atoms with Crippen LogP contribution >= 0.6 is 8.25 Å². The quantitative estimate of drug-likeness (QED) is 0.0443. The highest BCUT2D eigenvalue weighted by Crippen LogP contribution is 2.28. The van der Waals surface area contributed by atoms with Crippen LogP contribution in [0.15, 0.2) is 48.5 Å². The van der Waals surface area contributed by atoms with Crippen molar-refractivity contribution in [3.05, 3.63) is 59.7 Å². The molecule has 0 aliphatic rings. The summed E-state index contributed by atoms with van der Waals surface area (Å²) in [5.41, 5.74) is 1.58. The first kappa shape index (κ1) is 37.6. The molecule has 0 fully saturated rings. The third kappa shape index (κ3) is 18.9. The number of ether oxygens (including phenoxy) is 2. The first-order valence-electron chi connectivity index (χ1n) is 16.8. The lowest BCUT2D eigenvalue weighted by Crippen LogP contribution is -2.07. The van der Waals surface area contributed by atoms with E-state index < -0.39 is 8.25 Å². The van der Waals surface area contributed by atoms with Gasteiger partial charge in [-0.1, -0.05) is 128 Å². The predicted octanol–water partition coefficient (Wildman–Crippen LogP) is 10.9. The third-order valence-electron chi connectivity index (χ3n) is 7.45. The lowest BCUT2D eigenvalue weighted by molar-refractivity contribution is -0.135. The lowest BCUT2D eigenvalue weighted by atomic mass is 10.1. The van der Waals surface area contributed by atoms with Crippen LogP contribution in [-0.4, -0.2) is 11.9 Å². The second-order valence-corrected chi connectivity index (χ2v) is 12.4. The second-order valence-electron chi connectivity index (χ2n) is 11.5. The highest BCUT2D eigenvalue weighted by Gasteiger charge is 2.21. The first-order chi connectivity index (χ1) is 21.5. The Kier molecular flexibility index (Phi) is 21.1. The maximum Gasteiger partial charge on any atom is 0.698 e. The van der Waals surface area contributed by atoms with E-state index >= 15 is 0 Å². The fourth-order valence-electron chi connectivity index (χ4n) is 4.77. The van der Waals surface area contributed by atoms with Gasteiger partial charge in [0, 0.05) is 17.4 Å². The minimum Gasteiger partial charge on any atom is -0.427 e. The van der Waals surface area contributed by atoms with Crippen molar-refractivity contribution < 1.29 is 32.7 Å². The predicted molar refractivity (Wildman–Crippen MR) is 176 cm³/mol. The van der Waals surface area contributed by atoms with Crippen LogP contribution in [0.1, 0.15) is 141 Å². The van der Waals surface area contributed by atoms with Crippen molar-refractivity contribution in [1.82, 2.24) is 0 Å². The molecule has 7 nitrogen and oxygen atoms in total. The van der Waals surface area contributed by atoms with Crippen LogP contribution in [0, 0.1) is 0 Å². The molecule has 0 aliphatic heterocycles. The summed E-state index contributed by atoms with van der Waals surface area (Å²) in [6.45, 7) is 4.65. The number of esters is 2. The Hall–Kier alpha value is -2.60. The Morgan fingerprint density at radius 1 is 0.500 bits per heavy atom. The first-order valence-corrected chi connectivity index (χ1v) is 17.9. The van der Waals surface area contributed by atoms with Gasteiger partial charge in [0.15, 0.2) is 0 Å². The summed E-state index contributed by atoms with van der Waals surface area (Å²) in [7, 11) is -2.32. The summed E-state index contributed by atoms with van der Waals surface area (Å²) < 4.78 is 33.7. The Labute approximate surface area is 266 Å². The van der Waals surface area contributed by atoms with Crippen LogP contribution in [0.3, 0.4) is 0 Å². The van der Waals surface area contributed by atoms with Crippen molar-refractivity contribution >= 4 is 20.2 Å². The SMILES string of the molecule is CCCCCCCCCCC(=O)Oc1ccc(CO[P+](=O)OCc2ccc(OC(=O)CCCCCCCCCC)cc2)cc1. The zero-order valence-electron chi connectivity index (χ0n) is 27.1. The molecule has 2 aromatic rings. The van der Waals surface area contributed by atoms with E-state index in [-0.39, 0.29) is 25.2 Å². The standard InChI is InChI=1S/C36H54O7P/c1-3-5-7-9-11-13-15-17-19-35(37)42-33-25-21-31(22-26-33)29-40-44(39)41-30-32-23-27-34(28-24-32)43-36(38)20-18-16-14-12-10-8-6-4-2/h21-28H,3-20,29-30H2,1-2H3/q+1. The Morgan fingerprint density at radius 2 is 0.818 bits per heavy atom. The van der Waals surface area contributed by atoms with Crippen LogP contribution < -0.4 is 9.47 Å². The molecule has 0 saturated heterocycles. The average molecular weight is 630 g/mol. The summed E-state index contributed by atoms with van der Waals surface area (Å²) in [6.07, 6.45) is 19.7. The van der Waals surface area contributed by atoms with Gasteiger partial charge < -0.3 is 9.47 Å². The van der Waals surface area contributed by atoms with E-state index in [0.29, 0.717) is 24.3 Å². The monoisotopic (exact) mass is 629 g/mol. The summed E-state index contributed by atoms with van der Waals surface area (Å²) in [5, 5.41) is 0. The molecule has 0 spiro atoms. The zero-order valence-corrected chi connectivity index (χ0v) is 28.0. The minimum atomic E-state index is -2.32. The van der Waals surface area contributed by atoms with Crippen LogP contribution in [0.2, 0.25) is 0 Å². The smallest absolute Gasteiger partial charge is 0.427 e. The second kappa shape index (κ2) is 24.7. The van der Waals surface area contributed by atoms with Crippen molar-refractivity contribution in [2.24, 2.45) is 0 Å². The molecular weight excluding hydrogens is 575 g/mol. The molecule has 0 aromatic heterocycles. The molecule has 0 amide bonds. The van der Waals surface area contributed by atoms with Crippen molar-refractivity contribution in [1.29, 1.82) is 0 Å². The minimum absolute atomic E-state index is 0.107. The summed E-state index contributed by atoms with van der Waals surface area (Å²) in [4.78, 5) is 24.2. The Balaban J connectivity index is 1.55. The average Bonchev–Trinajstić information content (AvgIpc) is 3.03. The molecule has 2 aromatic carbocycles. The summed E-state index contributed by atoms with van der Waals surface area (Å²) in [6, 6.07) is 13.9. The number of rotatable bonds is 26. The Morgan fingerprint density at radius 3 is 1.16 bits per heavy atom. The summed E-state index contributed by atoms with van der Waals surface area (Å²) >= 11 is 0. The van der Waals surface area contributed by atoms with Crippen molar-refractivity contribution in [2.45, 2.75) is 143 Å². The van der Waals surface area contributed by atoms with E-state index in [1.807, 2.05) is 0 Å². The molecule has 0 unspecified atom stereocenters. The maximum atomic E-state index is 12.2. The number of carbonyl (C=O) groups excluding carboxylic acids is 2. The van der Waals surface area contributed by atoms with Crippen molar-refractivity contribution in [3.8, 4) is 11.5 Å². The molecule has 2 rings (SSSR count). The number of carbonyl (C=O) groups is 2. The van der Waals surface area contributed by atoms with Crippen molar-refractivity contribution in [2.75, 3.05) is 0 Å². The molecule has 0 saturated carbocycles. The molecular formula is C36H54O7P+. The molecule has 44 heavy (non-hydrogen) atoms. The van der Waals surface area contributed by atoms with Gasteiger partial charge in [-0.15, -0.1) is 9.05 Å². The fraction of sp³-hybridized carbons (Fsp3) is 0.611. The lowest BCUT2D eigenvalue weighted by Gasteiger charge is -2.05. The topological polar surface area (TPSA) is 88.1 Å². The van der Waals surface area contributed by atoms with E-state index in [4.69, 9.17) is 18.5 Å². The molecule has 0 atom stereocenters. The van der Waals surface area contributed by atoms with Gasteiger partial charge in [-0.25, -0.2) is 0 Å². The third-order valence-corrected chi connectivity index (χ3v) is 8.13. The fourth-order valence-corrected chi connectivity index (χ4v) is 5.35. The van der Waals surface area contributed by atoms with Crippen molar-refractivity contribution in [3.63, 3.8) is 0 Å². The van der Waals surface area contributed by atoms with Gasteiger partial charge >= 0.3 is 20.2 Å². The van der Waals surface area contributed by atoms with Gasteiger partial charge in [-0.2, -0.15) is 0 Å². The molecule has 0 bridgehead atoms. The normalized spacial score (nSPS) is 11.0. The van der Waals surface area contributed by atoms with E-state index in [1.54, 1.807) is 48.5 Å². The van der Waals surface area contributed by atoms with Gasteiger partial charge in [-0.3, -0.25) is 9.59 Å². The van der Waals surface area contributed by atoms with Crippen LogP contribution in [0.25, 0.3) is 0 Å². The summed E-state index contributed by atoms with van der Waals surface area (Å²) in [5.74, 6) is 0.533. The number of unbranched alkanes of at least 4 members (excludes halogenated alkanes) is 14. The van der Waals surface area contributed by atoms with Gasteiger partial charge in [-0.05, 0) is 48.2 Å². The molecule has 0 aliphatic carbocycles. The molecule has 8 heteroatoms. The van der Waals surface area contributed by atoms with E-state index in [1.165, 1.54) is 77.0 Å². The highest BCUT2D eigenvalue weighted by molar-refractivity contribution is 7.33. The largest absolute Gasteiger partial charge is 0.698 e. The van der Waals surface area contributed by atoms with Gasteiger partial charge in [0.2, 0.25) is 0 Å². The molecule has 0 radical (unpaired) electrons. The number of benzene rings is 2. The van der Waals surface area contributed by atoms with E-state index in [2.05, 4.69) is 13.8 Å². The highest BCUT2D eigenvalue weighted by atomic mass is 31.1. The van der Waals surface area contributed by atoms with E-state index in [0.717, 1.165) is 36.8 Å². The molecule has 244 valence electrons. The van der Waals surface area contributed by atoms with Crippen LogP contribution in [-0.2, 0) is 36.4 Å². The maximum absolute atomic E-state index is 12.2. The Bertz CT molecular complexity index is 970. The van der Waals surface area contributed by atoms with Gasteiger partial charge in [0.25, 0.3) is 0 Å². The van der Waals surface area contributed by atoms with Gasteiger partial charge in [0.1, 0.15) is 24.7 Å². The number of hydrogen-bond acceptors (Lipinski definition) is 7. The number of hydrogen-bond donors (Lipinski definition) is 0.